The van der Waals surface area contributed by atoms with Gasteiger partial charge in [0.05, 0.1) is 6.61 Å². The number of rotatable bonds is 7. The monoisotopic (exact) mass is 264 g/mol. The molecule has 1 aromatic heterocycles. The summed E-state index contributed by atoms with van der Waals surface area (Å²) in [6.07, 6.45) is 5.07. The Morgan fingerprint density at radius 3 is 2.95 bits per heavy atom. The van der Waals surface area contributed by atoms with Gasteiger partial charge in [0, 0.05) is 44.7 Å². The minimum atomic E-state index is 0.753. The molecule has 106 valence electrons. The predicted octanol–water partition coefficient (Wildman–Crippen LogP) is 0.843. The van der Waals surface area contributed by atoms with Crippen LogP contribution in [0.25, 0.3) is 0 Å². The van der Waals surface area contributed by atoms with Crippen LogP contribution < -0.4 is 5.32 Å². The van der Waals surface area contributed by atoms with Crippen molar-refractivity contribution in [2.75, 3.05) is 39.9 Å². The summed E-state index contributed by atoms with van der Waals surface area (Å²) >= 11 is 0. The number of hydrogen-bond acceptors (Lipinski definition) is 5. The third-order valence-electron chi connectivity index (χ3n) is 3.58. The summed E-state index contributed by atoms with van der Waals surface area (Å²) in [4.78, 5) is 10.9. The zero-order valence-corrected chi connectivity index (χ0v) is 11.9. The van der Waals surface area contributed by atoms with E-state index in [-0.39, 0.29) is 0 Å². The quantitative estimate of drug-likeness (QED) is 0.791. The van der Waals surface area contributed by atoms with Crippen LogP contribution in [0.3, 0.4) is 0 Å². The molecule has 0 saturated carbocycles. The lowest BCUT2D eigenvalue weighted by Gasteiger charge is -2.15. The van der Waals surface area contributed by atoms with Gasteiger partial charge in [0.15, 0.2) is 0 Å². The molecule has 1 aliphatic rings. The molecule has 0 bridgehead atoms. The van der Waals surface area contributed by atoms with Gasteiger partial charge < -0.3 is 15.0 Å². The van der Waals surface area contributed by atoms with Crippen molar-refractivity contribution in [2.45, 2.75) is 19.9 Å². The molecule has 1 unspecified atom stereocenters. The van der Waals surface area contributed by atoms with E-state index in [1.807, 2.05) is 19.3 Å². The summed E-state index contributed by atoms with van der Waals surface area (Å²) in [6, 6.07) is 0. The SMILES string of the molecule is COCCN1CCC(CNCc2cnc(C)nc2)C1. The van der Waals surface area contributed by atoms with Gasteiger partial charge in [-0.3, -0.25) is 0 Å². The molecule has 1 fully saturated rings. The molecule has 1 saturated heterocycles. The van der Waals surface area contributed by atoms with Crippen LogP contribution in [0.2, 0.25) is 0 Å². The molecule has 5 nitrogen and oxygen atoms in total. The molecule has 19 heavy (non-hydrogen) atoms. The first-order valence-corrected chi connectivity index (χ1v) is 6.97. The fourth-order valence-electron chi connectivity index (χ4n) is 2.43. The summed E-state index contributed by atoms with van der Waals surface area (Å²) in [5, 5.41) is 3.50. The van der Waals surface area contributed by atoms with Gasteiger partial charge in [-0.25, -0.2) is 9.97 Å². The number of aromatic nitrogens is 2. The van der Waals surface area contributed by atoms with Gasteiger partial charge in [-0.15, -0.1) is 0 Å². The lowest BCUT2D eigenvalue weighted by atomic mass is 10.1. The third-order valence-corrected chi connectivity index (χ3v) is 3.58. The van der Waals surface area contributed by atoms with Crippen LogP contribution in [0, 0.1) is 12.8 Å². The van der Waals surface area contributed by atoms with Crippen molar-refractivity contribution >= 4 is 0 Å². The topological polar surface area (TPSA) is 50.3 Å². The number of nitrogens with one attached hydrogen (secondary N) is 1. The maximum absolute atomic E-state index is 5.12. The molecule has 1 atom stereocenters. The molecule has 0 aromatic carbocycles. The summed E-state index contributed by atoms with van der Waals surface area (Å²) in [5.74, 6) is 1.58. The predicted molar refractivity (Wildman–Crippen MR) is 74.9 cm³/mol. The van der Waals surface area contributed by atoms with E-state index in [1.165, 1.54) is 19.5 Å². The Balaban J connectivity index is 1.62. The summed E-state index contributed by atoms with van der Waals surface area (Å²) in [5.41, 5.74) is 1.15. The Morgan fingerprint density at radius 1 is 1.42 bits per heavy atom. The third kappa shape index (κ3) is 4.86. The van der Waals surface area contributed by atoms with Crippen LogP contribution in [-0.4, -0.2) is 54.8 Å². The van der Waals surface area contributed by atoms with Crippen molar-refractivity contribution in [1.29, 1.82) is 0 Å². The van der Waals surface area contributed by atoms with Crippen molar-refractivity contribution in [3.8, 4) is 0 Å². The van der Waals surface area contributed by atoms with Crippen molar-refractivity contribution in [1.82, 2.24) is 20.2 Å². The highest BCUT2D eigenvalue weighted by Crippen LogP contribution is 2.14. The second kappa shape index (κ2) is 7.53. The second-order valence-electron chi connectivity index (χ2n) is 5.22. The Kier molecular flexibility index (Phi) is 5.69. The Bertz CT molecular complexity index is 368. The van der Waals surface area contributed by atoms with Gasteiger partial charge in [0.1, 0.15) is 5.82 Å². The van der Waals surface area contributed by atoms with E-state index in [0.717, 1.165) is 43.5 Å². The normalized spacial score (nSPS) is 20.0. The molecule has 1 aromatic rings. The minimum Gasteiger partial charge on any atom is -0.383 e. The highest BCUT2D eigenvalue weighted by atomic mass is 16.5. The van der Waals surface area contributed by atoms with Gasteiger partial charge in [-0.2, -0.15) is 0 Å². The van der Waals surface area contributed by atoms with Crippen molar-refractivity contribution in [3.63, 3.8) is 0 Å². The van der Waals surface area contributed by atoms with E-state index < -0.39 is 0 Å². The molecule has 1 aliphatic heterocycles. The van der Waals surface area contributed by atoms with E-state index in [1.54, 1.807) is 7.11 Å². The average Bonchev–Trinajstić information content (AvgIpc) is 2.87. The van der Waals surface area contributed by atoms with Gasteiger partial charge in [-0.1, -0.05) is 0 Å². The zero-order valence-electron chi connectivity index (χ0n) is 11.9. The van der Waals surface area contributed by atoms with E-state index in [0.29, 0.717) is 0 Å². The first-order chi connectivity index (χ1) is 9.28. The molecular weight excluding hydrogens is 240 g/mol. The van der Waals surface area contributed by atoms with Gasteiger partial charge in [-0.05, 0) is 32.4 Å². The molecule has 2 rings (SSSR count). The van der Waals surface area contributed by atoms with Crippen LogP contribution in [0.5, 0.6) is 0 Å². The standard InChI is InChI=1S/C14H24N4O/c1-12-16-9-14(10-17-12)8-15-7-13-3-4-18(11-13)5-6-19-2/h9-10,13,15H,3-8,11H2,1-2H3. The maximum Gasteiger partial charge on any atom is 0.125 e. The molecule has 0 aliphatic carbocycles. The lowest BCUT2D eigenvalue weighted by Crippen LogP contribution is -2.28. The maximum atomic E-state index is 5.12. The number of aryl methyl sites for hydroxylation is 1. The summed E-state index contributed by atoms with van der Waals surface area (Å²) in [7, 11) is 1.76. The van der Waals surface area contributed by atoms with Crippen LogP contribution in [0.4, 0.5) is 0 Å². The van der Waals surface area contributed by atoms with Crippen molar-refractivity contribution in [3.05, 3.63) is 23.8 Å². The van der Waals surface area contributed by atoms with E-state index in [9.17, 15) is 0 Å². The molecule has 2 heterocycles. The van der Waals surface area contributed by atoms with Gasteiger partial charge in [0.2, 0.25) is 0 Å². The Morgan fingerprint density at radius 2 is 2.21 bits per heavy atom. The van der Waals surface area contributed by atoms with Crippen molar-refractivity contribution in [2.24, 2.45) is 5.92 Å². The number of ether oxygens (including phenoxy) is 1. The highest BCUT2D eigenvalue weighted by Gasteiger charge is 2.21. The Labute approximate surface area is 115 Å². The zero-order chi connectivity index (χ0) is 13.5. The Hall–Kier alpha value is -1.04. The number of likely N-dealkylation sites (tertiary alicyclic amines) is 1. The largest absolute Gasteiger partial charge is 0.383 e. The fourth-order valence-corrected chi connectivity index (χ4v) is 2.43. The number of nitrogens with zero attached hydrogens (tertiary/aromatic N) is 3. The van der Waals surface area contributed by atoms with E-state index in [2.05, 4.69) is 20.2 Å². The molecular formula is C14H24N4O. The van der Waals surface area contributed by atoms with E-state index >= 15 is 0 Å². The smallest absolute Gasteiger partial charge is 0.125 e. The summed E-state index contributed by atoms with van der Waals surface area (Å²) in [6.45, 7) is 8.10. The molecule has 0 radical (unpaired) electrons. The first-order valence-electron chi connectivity index (χ1n) is 6.97. The van der Waals surface area contributed by atoms with Crippen LogP contribution in [0.1, 0.15) is 17.8 Å². The lowest BCUT2D eigenvalue weighted by molar-refractivity contribution is 0.159. The second-order valence-corrected chi connectivity index (χ2v) is 5.22. The molecule has 1 N–H and O–H groups in total. The summed E-state index contributed by atoms with van der Waals surface area (Å²) < 4.78 is 5.12. The molecule has 0 amide bonds. The molecule has 0 spiro atoms. The van der Waals surface area contributed by atoms with E-state index in [4.69, 9.17) is 4.74 Å². The fraction of sp³-hybridized carbons (Fsp3) is 0.714. The van der Waals surface area contributed by atoms with Crippen molar-refractivity contribution < 1.29 is 4.74 Å². The van der Waals surface area contributed by atoms with Crippen LogP contribution in [-0.2, 0) is 11.3 Å². The average molecular weight is 264 g/mol. The minimum absolute atomic E-state index is 0.753. The molecule has 5 heteroatoms. The first kappa shape index (κ1) is 14.4. The van der Waals surface area contributed by atoms with Crippen LogP contribution >= 0.6 is 0 Å². The van der Waals surface area contributed by atoms with Gasteiger partial charge >= 0.3 is 0 Å². The highest BCUT2D eigenvalue weighted by molar-refractivity contribution is 5.04. The number of methoxy groups -OCH3 is 1. The van der Waals surface area contributed by atoms with Crippen LogP contribution in [0.15, 0.2) is 12.4 Å². The number of hydrogen-bond donors (Lipinski definition) is 1. The van der Waals surface area contributed by atoms with Gasteiger partial charge in [0.25, 0.3) is 0 Å².